The number of carbonyl (C=O) groups excluding carboxylic acids is 1. The molecule has 108 valence electrons. The molecular formula is C15H15ClN4O. The molecule has 0 bridgehead atoms. The molecule has 2 heterocycles. The number of halogens is 1. The zero-order valence-corrected chi connectivity index (χ0v) is 12.8. The molecule has 0 saturated carbocycles. The molecule has 0 amide bonds. The fourth-order valence-electron chi connectivity index (χ4n) is 2.44. The zero-order chi connectivity index (χ0) is 15.1. The summed E-state index contributed by atoms with van der Waals surface area (Å²) in [5.74, 6) is -0.206. The van der Waals surface area contributed by atoms with Crippen molar-refractivity contribution in [1.82, 2.24) is 19.6 Å². The van der Waals surface area contributed by atoms with E-state index in [1.807, 2.05) is 45.2 Å². The van der Waals surface area contributed by atoms with Gasteiger partial charge in [-0.05, 0) is 19.9 Å². The van der Waals surface area contributed by atoms with Crippen molar-refractivity contribution in [3.05, 3.63) is 46.9 Å². The third-order valence-corrected chi connectivity index (χ3v) is 3.70. The maximum atomic E-state index is 12.9. The zero-order valence-electron chi connectivity index (χ0n) is 12.0. The molecule has 0 saturated heterocycles. The molecule has 2 aromatic heterocycles. The minimum atomic E-state index is -0.206. The second-order valence-electron chi connectivity index (χ2n) is 5.20. The van der Waals surface area contributed by atoms with Gasteiger partial charge < -0.3 is 0 Å². The Balaban J connectivity index is 2.20. The molecule has 0 fully saturated rings. The van der Waals surface area contributed by atoms with E-state index in [9.17, 15) is 4.79 Å². The largest absolute Gasteiger partial charge is 0.285 e. The third kappa shape index (κ3) is 2.14. The number of aryl methyl sites for hydroxylation is 1. The number of benzene rings is 1. The van der Waals surface area contributed by atoms with Crippen molar-refractivity contribution in [2.75, 3.05) is 0 Å². The van der Waals surface area contributed by atoms with Crippen molar-refractivity contribution >= 4 is 28.3 Å². The van der Waals surface area contributed by atoms with Crippen molar-refractivity contribution in [3.8, 4) is 0 Å². The van der Waals surface area contributed by atoms with E-state index in [1.165, 1.54) is 6.20 Å². The van der Waals surface area contributed by atoms with Gasteiger partial charge in [-0.15, -0.1) is 0 Å². The summed E-state index contributed by atoms with van der Waals surface area (Å²) in [7, 11) is 1.82. The third-order valence-electron chi connectivity index (χ3n) is 3.43. The van der Waals surface area contributed by atoms with Gasteiger partial charge in [-0.25, -0.2) is 0 Å². The summed E-state index contributed by atoms with van der Waals surface area (Å²) in [6.07, 6.45) is 1.50. The Hall–Kier alpha value is -2.14. The van der Waals surface area contributed by atoms with E-state index in [0.717, 1.165) is 10.9 Å². The number of nitrogens with zero attached hydrogens (tertiary/aromatic N) is 4. The lowest BCUT2D eigenvalue weighted by Crippen LogP contribution is -2.14. The van der Waals surface area contributed by atoms with Crippen LogP contribution in [-0.4, -0.2) is 25.3 Å². The van der Waals surface area contributed by atoms with Crippen molar-refractivity contribution in [1.29, 1.82) is 0 Å². The van der Waals surface area contributed by atoms with Crippen LogP contribution in [-0.2, 0) is 7.05 Å². The van der Waals surface area contributed by atoms with Crippen LogP contribution in [0.3, 0.4) is 0 Å². The van der Waals surface area contributed by atoms with Crippen molar-refractivity contribution < 1.29 is 4.79 Å². The number of carbonyl (C=O) groups is 1. The molecule has 21 heavy (non-hydrogen) atoms. The molecule has 0 spiro atoms. The van der Waals surface area contributed by atoms with Gasteiger partial charge in [0.15, 0.2) is 0 Å². The standard InChI is InChI=1S/C15H15ClN4O/c1-9(2)20-14(11(16)8-17-20)15(21)13-10-6-4-5-7-12(10)19(3)18-13/h4-9H,1-3H3. The summed E-state index contributed by atoms with van der Waals surface area (Å²) in [5.41, 5.74) is 1.69. The molecule has 0 unspecified atom stereocenters. The highest BCUT2D eigenvalue weighted by molar-refractivity contribution is 6.35. The number of fused-ring (bicyclic) bond motifs is 1. The minimum Gasteiger partial charge on any atom is -0.285 e. The summed E-state index contributed by atoms with van der Waals surface area (Å²) in [4.78, 5) is 12.9. The molecular weight excluding hydrogens is 288 g/mol. The smallest absolute Gasteiger partial charge is 0.233 e. The number of aromatic nitrogens is 4. The average molecular weight is 303 g/mol. The highest BCUT2D eigenvalue weighted by Crippen LogP contribution is 2.25. The van der Waals surface area contributed by atoms with Gasteiger partial charge in [0.25, 0.3) is 0 Å². The van der Waals surface area contributed by atoms with E-state index in [-0.39, 0.29) is 11.8 Å². The van der Waals surface area contributed by atoms with Crippen LogP contribution < -0.4 is 0 Å². The first-order valence-electron chi connectivity index (χ1n) is 6.70. The summed E-state index contributed by atoms with van der Waals surface area (Å²) in [5, 5.41) is 9.70. The summed E-state index contributed by atoms with van der Waals surface area (Å²) < 4.78 is 3.33. The average Bonchev–Trinajstić information content (AvgIpc) is 3.00. The molecule has 0 atom stereocenters. The molecule has 1 aromatic carbocycles. The minimum absolute atomic E-state index is 0.0476. The van der Waals surface area contributed by atoms with Crippen LogP contribution in [0.4, 0.5) is 0 Å². The summed E-state index contributed by atoms with van der Waals surface area (Å²) in [6, 6.07) is 7.68. The first kappa shape index (κ1) is 13.8. The number of para-hydroxylation sites is 1. The molecule has 5 nitrogen and oxygen atoms in total. The lowest BCUT2D eigenvalue weighted by molar-refractivity contribution is 0.102. The molecule has 3 aromatic rings. The van der Waals surface area contributed by atoms with Crippen molar-refractivity contribution in [3.63, 3.8) is 0 Å². The Labute approximate surface area is 127 Å². The Kier molecular flexibility index (Phi) is 3.29. The van der Waals surface area contributed by atoms with E-state index in [4.69, 9.17) is 11.6 Å². The fraction of sp³-hybridized carbons (Fsp3) is 0.267. The molecule has 6 heteroatoms. The van der Waals surface area contributed by atoms with Gasteiger partial charge in [-0.2, -0.15) is 10.2 Å². The topological polar surface area (TPSA) is 52.7 Å². The van der Waals surface area contributed by atoms with Gasteiger partial charge >= 0.3 is 0 Å². The quantitative estimate of drug-likeness (QED) is 0.698. The second-order valence-corrected chi connectivity index (χ2v) is 5.61. The molecule has 0 aliphatic carbocycles. The van der Waals surface area contributed by atoms with E-state index in [2.05, 4.69) is 10.2 Å². The van der Waals surface area contributed by atoms with Crippen LogP contribution in [0.25, 0.3) is 10.9 Å². The molecule has 0 radical (unpaired) electrons. The van der Waals surface area contributed by atoms with Gasteiger partial charge in [-0.1, -0.05) is 29.8 Å². The maximum absolute atomic E-state index is 12.9. The van der Waals surface area contributed by atoms with Gasteiger partial charge in [0.1, 0.15) is 11.4 Å². The lowest BCUT2D eigenvalue weighted by atomic mass is 10.1. The van der Waals surface area contributed by atoms with E-state index in [1.54, 1.807) is 9.36 Å². The lowest BCUT2D eigenvalue weighted by Gasteiger charge is -2.09. The number of hydrogen-bond donors (Lipinski definition) is 0. The van der Waals surface area contributed by atoms with Crippen molar-refractivity contribution in [2.24, 2.45) is 7.05 Å². The van der Waals surface area contributed by atoms with Crippen LogP contribution >= 0.6 is 11.6 Å². The van der Waals surface area contributed by atoms with Gasteiger partial charge in [0.2, 0.25) is 5.78 Å². The highest BCUT2D eigenvalue weighted by atomic mass is 35.5. The van der Waals surface area contributed by atoms with E-state index >= 15 is 0 Å². The second kappa shape index (κ2) is 5.00. The van der Waals surface area contributed by atoms with Crippen LogP contribution in [0, 0.1) is 0 Å². The Morgan fingerprint density at radius 1 is 1.29 bits per heavy atom. The monoisotopic (exact) mass is 302 g/mol. The Bertz CT molecular complexity index is 831. The highest BCUT2D eigenvalue weighted by Gasteiger charge is 2.24. The summed E-state index contributed by atoms with van der Waals surface area (Å²) >= 11 is 6.15. The fourth-order valence-corrected chi connectivity index (χ4v) is 2.65. The van der Waals surface area contributed by atoms with Crippen LogP contribution in [0.2, 0.25) is 5.02 Å². The van der Waals surface area contributed by atoms with E-state index in [0.29, 0.717) is 16.4 Å². The Morgan fingerprint density at radius 2 is 2.00 bits per heavy atom. The Morgan fingerprint density at radius 3 is 2.71 bits per heavy atom. The van der Waals surface area contributed by atoms with Gasteiger partial charge in [0.05, 0.1) is 16.7 Å². The molecule has 0 N–H and O–H groups in total. The van der Waals surface area contributed by atoms with Gasteiger partial charge in [-0.3, -0.25) is 14.2 Å². The SMILES string of the molecule is CC(C)n1ncc(Cl)c1C(=O)c1nn(C)c2ccccc12. The normalized spacial score (nSPS) is 11.5. The predicted molar refractivity (Wildman–Crippen MR) is 81.8 cm³/mol. The van der Waals surface area contributed by atoms with Crippen LogP contribution in [0.1, 0.15) is 36.1 Å². The molecule has 0 aliphatic rings. The van der Waals surface area contributed by atoms with Crippen molar-refractivity contribution in [2.45, 2.75) is 19.9 Å². The van der Waals surface area contributed by atoms with E-state index < -0.39 is 0 Å². The summed E-state index contributed by atoms with van der Waals surface area (Å²) in [6.45, 7) is 3.91. The van der Waals surface area contributed by atoms with Crippen LogP contribution in [0.5, 0.6) is 0 Å². The first-order chi connectivity index (χ1) is 10.0. The number of ketones is 1. The number of hydrogen-bond acceptors (Lipinski definition) is 3. The van der Waals surface area contributed by atoms with Crippen LogP contribution in [0.15, 0.2) is 30.5 Å². The molecule has 3 rings (SSSR count). The van der Waals surface area contributed by atoms with Gasteiger partial charge in [0, 0.05) is 18.5 Å². The molecule has 0 aliphatic heterocycles. The number of rotatable bonds is 3. The first-order valence-corrected chi connectivity index (χ1v) is 7.08. The maximum Gasteiger partial charge on any atom is 0.233 e. The predicted octanol–water partition coefficient (Wildman–Crippen LogP) is 3.24.